The van der Waals surface area contributed by atoms with Gasteiger partial charge in [0.2, 0.25) is 5.82 Å². The quantitative estimate of drug-likeness (QED) is 0.482. The van der Waals surface area contributed by atoms with Crippen LogP contribution in [0.15, 0.2) is 60.8 Å². The number of pyridine rings is 1. The first-order chi connectivity index (χ1) is 16.3. The molecule has 0 saturated heterocycles. The summed E-state index contributed by atoms with van der Waals surface area (Å²) in [6.07, 6.45) is 13.3. The molecule has 0 radical (unpaired) electrons. The van der Waals surface area contributed by atoms with Gasteiger partial charge in [0.1, 0.15) is 24.6 Å². The molecule has 6 rings (SSSR count). The average Bonchev–Trinajstić information content (AvgIpc) is 3.54. The van der Waals surface area contributed by atoms with Crippen molar-refractivity contribution in [3.63, 3.8) is 0 Å². The molecule has 8 nitrogen and oxygen atoms in total. The molecule has 0 amide bonds. The predicted octanol–water partition coefficient (Wildman–Crippen LogP) is 3.53. The van der Waals surface area contributed by atoms with Crippen molar-refractivity contribution in [1.82, 2.24) is 30.0 Å². The molecule has 1 aliphatic carbocycles. The minimum atomic E-state index is 0.582. The molecule has 4 aromatic rings. The third-order valence-corrected chi connectivity index (χ3v) is 6.13. The first kappa shape index (κ1) is 19.8. The van der Waals surface area contributed by atoms with Gasteiger partial charge in [0.05, 0.1) is 5.69 Å². The standard InChI is InChI=1S/C25H24N7O/c1-2-4-18(5-3-1)21-10-11-23-26-24(19-6-8-20(9-7-19)25-27-29-30-28-25)22(32(23)16-21)17-31-12-14-33-15-13-31/h2,4-12,16H,1,3,13-15,17H2,(H,27,28,29,30)/q+1. The molecule has 0 atom stereocenters. The predicted molar refractivity (Wildman–Crippen MR) is 126 cm³/mol. The number of H-pyrrole nitrogens is 1. The van der Waals surface area contributed by atoms with Crippen LogP contribution >= 0.6 is 0 Å². The van der Waals surface area contributed by atoms with E-state index in [1.165, 1.54) is 11.1 Å². The second-order valence-electron chi connectivity index (χ2n) is 8.23. The monoisotopic (exact) mass is 438 g/mol. The number of rotatable bonds is 5. The van der Waals surface area contributed by atoms with Gasteiger partial charge in [-0.2, -0.15) is 5.21 Å². The van der Waals surface area contributed by atoms with Crippen LogP contribution in [0.3, 0.4) is 0 Å². The molecule has 3 aromatic heterocycles. The molecule has 4 heterocycles. The highest BCUT2D eigenvalue weighted by Crippen LogP contribution is 2.29. The summed E-state index contributed by atoms with van der Waals surface area (Å²) in [7, 11) is 0. The molecule has 0 fully saturated rings. The van der Waals surface area contributed by atoms with Crippen LogP contribution in [0.1, 0.15) is 24.1 Å². The number of benzene rings is 1. The number of allylic oxidation sites excluding steroid dienone is 4. The van der Waals surface area contributed by atoms with Crippen molar-refractivity contribution < 1.29 is 9.31 Å². The summed E-state index contributed by atoms with van der Waals surface area (Å²) >= 11 is 0. The second-order valence-corrected chi connectivity index (χ2v) is 8.23. The molecule has 2 aliphatic rings. The molecule has 0 saturated carbocycles. The maximum Gasteiger partial charge on any atom is 0.204 e. The summed E-state index contributed by atoms with van der Waals surface area (Å²) in [5, 5.41) is 14.3. The molecule has 1 aliphatic heterocycles. The van der Waals surface area contributed by atoms with Crippen LogP contribution < -0.4 is 0 Å². The van der Waals surface area contributed by atoms with Crippen LogP contribution in [0.25, 0.3) is 33.9 Å². The molecule has 8 heteroatoms. The van der Waals surface area contributed by atoms with E-state index in [1.54, 1.807) is 0 Å². The highest BCUT2D eigenvalue weighted by molar-refractivity contribution is 5.76. The van der Waals surface area contributed by atoms with Gasteiger partial charge in [0.15, 0.2) is 19.3 Å². The molecule has 164 valence electrons. The zero-order valence-electron chi connectivity index (χ0n) is 18.2. The van der Waals surface area contributed by atoms with E-state index >= 15 is 0 Å². The molecule has 0 bridgehead atoms. The first-order valence-corrected chi connectivity index (χ1v) is 11.2. The molecule has 1 aromatic carbocycles. The lowest BCUT2D eigenvalue weighted by Gasteiger charge is -2.12. The number of nitrogens with one attached hydrogen (secondary N) is 1. The lowest BCUT2D eigenvalue weighted by Crippen LogP contribution is -2.26. The van der Waals surface area contributed by atoms with Crippen LogP contribution in [0.2, 0.25) is 0 Å². The zero-order chi connectivity index (χ0) is 22.0. The number of aromatic nitrogens is 6. The molecule has 1 N–H and O–H groups in total. The van der Waals surface area contributed by atoms with E-state index in [-0.39, 0.29) is 0 Å². The number of tetrazole rings is 1. The van der Waals surface area contributed by atoms with Gasteiger partial charge >= 0.3 is 0 Å². The van der Waals surface area contributed by atoms with Crippen LogP contribution in [-0.2, 0) is 11.3 Å². The van der Waals surface area contributed by atoms with Crippen molar-refractivity contribution in [1.29, 1.82) is 0 Å². The second kappa shape index (κ2) is 8.55. The summed E-state index contributed by atoms with van der Waals surface area (Å²) in [5.74, 6) is 0.582. The van der Waals surface area contributed by atoms with Crippen LogP contribution in [-0.4, -0.2) is 60.6 Å². The Morgan fingerprint density at radius 1 is 1.03 bits per heavy atom. The minimum Gasteiger partial charge on any atom is -0.365 e. The Morgan fingerprint density at radius 3 is 2.67 bits per heavy atom. The number of hydrogen-bond acceptors (Lipinski definition) is 5. The molecular formula is C25H24N7O+. The number of ether oxygens (including phenoxy) is 1. The van der Waals surface area contributed by atoms with Gasteiger partial charge in [-0.05, 0) is 41.3 Å². The normalized spacial score (nSPS) is 16.1. The number of fused-ring (bicyclic) bond motifs is 1. The van der Waals surface area contributed by atoms with E-state index < -0.39 is 0 Å². The van der Waals surface area contributed by atoms with Crippen molar-refractivity contribution >= 4 is 17.4 Å². The Hall–Kier alpha value is -3.91. The zero-order valence-corrected chi connectivity index (χ0v) is 18.2. The summed E-state index contributed by atoms with van der Waals surface area (Å²) in [4.78, 5) is 5.03. The SMILES string of the molecule is C1=CC(c2ccc3nc(-c4ccc(-c5nn[nH]n5)cc4)c(C[N+]4=CCOCC4)n3c2)=CCC1. The number of imidazole rings is 1. The highest BCUT2D eigenvalue weighted by atomic mass is 16.5. The van der Waals surface area contributed by atoms with Gasteiger partial charge in [0.25, 0.3) is 0 Å². The Morgan fingerprint density at radius 2 is 1.91 bits per heavy atom. The van der Waals surface area contributed by atoms with Gasteiger partial charge in [-0.25, -0.2) is 9.56 Å². The fourth-order valence-electron chi connectivity index (χ4n) is 4.39. The summed E-state index contributed by atoms with van der Waals surface area (Å²) < 4.78 is 10.1. The van der Waals surface area contributed by atoms with Crippen molar-refractivity contribution in [2.24, 2.45) is 0 Å². The fraction of sp³-hybridized carbons (Fsp3) is 0.240. The molecule has 0 unspecified atom stereocenters. The van der Waals surface area contributed by atoms with Crippen molar-refractivity contribution in [2.75, 3.05) is 19.8 Å². The van der Waals surface area contributed by atoms with E-state index in [0.717, 1.165) is 60.7 Å². The minimum absolute atomic E-state index is 0.582. The molecule has 0 spiro atoms. The average molecular weight is 439 g/mol. The van der Waals surface area contributed by atoms with Crippen LogP contribution in [0.5, 0.6) is 0 Å². The van der Waals surface area contributed by atoms with Gasteiger partial charge < -0.3 is 4.74 Å². The van der Waals surface area contributed by atoms with Crippen molar-refractivity contribution in [3.05, 3.63) is 72.1 Å². The lowest BCUT2D eigenvalue weighted by atomic mass is 10.0. The Kier molecular flexibility index (Phi) is 5.12. The third kappa shape index (κ3) is 3.89. The van der Waals surface area contributed by atoms with E-state index in [2.05, 4.69) is 84.5 Å². The molecular weight excluding hydrogens is 414 g/mol. The Labute approximate surface area is 190 Å². The number of nitrogens with zero attached hydrogens (tertiary/aromatic N) is 6. The Balaban J connectivity index is 1.45. The van der Waals surface area contributed by atoms with E-state index in [4.69, 9.17) is 9.72 Å². The maximum atomic E-state index is 5.51. The van der Waals surface area contributed by atoms with Crippen LogP contribution in [0, 0.1) is 0 Å². The Bertz CT molecular complexity index is 1380. The van der Waals surface area contributed by atoms with Crippen molar-refractivity contribution in [2.45, 2.75) is 19.4 Å². The number of hydrogen-bond donors (Lipinski definition) is 1. The van der Waals surface area contributed by atoms with Gasteiger partial charge in [-0.1, -0.05) is 42.5 Å². The number of aromatic amines is 1. The third-order valence-electron chi connectivity index (χ3n) is 6.13. The topological polar surface area (TPSA) is 84.0 Å². The van der Waals surface area contributed by atoms with E-state index in [9.17, 15) is 0 Å². The van der Waals surface area contributed by atoms with E-state index in [0.29, 0.717) is 12.4 Å². The van der Waals surface area contributed by atoms with Crippen LogP contribution in [0.4, 0.5) is 0 Å². The molecule has 33 heavy (non-hydrogen) atoms. The first-order valence-electron chi connectivity index (χ1n) is 11.2. The van der Waals surface area contributed by atoms with Crippen molar-refractivity contribution in [3.8, 4) is 22.6 Å². The summed E-state index contributed by atoms with van der Waals surface area (Å²) in [6.45, 7) is 3.03. The van der Waals surface area contributed by atoms with E-state index in [1.807, 2.05) is 12.1 Å². The lowest BCUT2D eigenvalue weighted by molar-refractivity contribution is -0.550. The summed E-state index contributed by atoms with van der Waals surface area (Å²) in [6, 6.07) is 12.5. The summed E-state index contributed by atoms with van der Waals surface area (Å²) in [5.41, 5.74) is 7.55. The highest BCUT2D eigenvalue weighted by Gasteiger charge is 2.21. The van der Waals surface area contributed by atoms with Gasteiger partial charge in [-0.3, -0.25) is 4.40 Å². The van der Waals surface area contributed by atoms with Gasteiger partial charge in [0, 0.05) is 17.3 Å². The fourth-order valence-corrected chi connectivity index (χ4v) is 4.39. The maximum absolute atomic E-state index is 5.51. The largest absolute Gasteiger partial charge is 0.365 e. The van der Waals surface area contributed by atoms with Gasteiger partial charge in [-0.15, -0.1) is 10.2 Å². The smallest absolute Gasteiger partial charge is 0.204 e.